The number of carbonyl (C=O) groups excluding carboxylic acids is 1. The van der Waals surface area contributed by atoms with E-state index in [1.54, 1.807) is 0 Å². The molecule has 28 heavy (non-hydrogen) atoms. The zero-order valence-electron chi connectivity index (χ0n) is 15.6. The lowest BCUT2D eigenvalue weighted by molar-refractivity contribution is 0.0394. The van der Waals surface area contributed by atoms with Crippen molar-refractivity contribution < 1.29 is 14.3 Å². The molecule has 1 fully saturated rings. The Bertz CT molecular complexity index is 962. The van der Waals surface area contributed by atoms with Crippen LogP contribution >= 0.6 is 15.9 Å². The van der Waals surface area contributed by atoms with Crippen LogP contribution in [0.2, 0.25) is 0 Å². The fraction of sp³-hybridized carbons (Fsp3) is 0.348. The van der Waals surface area contributed by atoms with Crippen molar-refractivity contribution in [1.82, 2.24) is 4.90 Å². The molecule has 5 rings (SSSR count). The maximum atomic E-state index is 12.9. The highest BCUT2D eigenvalue weighted by molar-refractivity contribution is 9.10. The van der Waals surface area contributed by atoms with Crippen molar-refractivity contribution in [3.05, 3.63) is 63.3 Å². The molecule has 0 unspecified atom stereocenters. The van der Waals surface area contributed by atoms with E-state index in [1.807, 2.05) is 42.5 Å². The third-order valence-electron chi connectivity index (χ3n) is 5.88. The number of nitrogens with zero attached hydrogens (tertiary/aromatic N) is 1. The Balaban J connectivity index is 1.45. The Labute approximate surface area is 173 Å². The second-order valence-corrected chi connectivity index (χ2v) is 8.64. The Hall–Kier alpha value is -2.11. The molecule has 2 aromatic rings. The molecule has 3 aliphatic rings. The van der Waals surface area contributed by atoms with Gasteiger partial charge >= 0.3 is 0 Å². The van der Waals surface area contributed by atoms with Crippen LogP contribution in [-0.2, 0) is 6.54 Å². The van der Waals surface area contributed by atoms with Gasteiger partial charge in [0.1, 0.15) is 18.2 Å². The lowest BCUT2D eigenvalue weighted by Gasteiger charge is -2.37. The number of hydrogen-bond donors (Lipinski definition) is 0. The highest BCUT2D eigenvalue weighted by Gasteiger charge is 2.35. The number of rotatable bonds is 2. The molecular formula is C23H22BrNO3. The van der Waals surface area contributed by atoms with Gasteiger partial charge in [0.15, 0.2) is 5.76 Å². The molecule has 1 aliphatic carbocycles. The summed E-state index contributed by atoms with van der Waals surface area (Å²) in [6, 6.07) is 12.1. The molecule has 0 aromatic heterocycles. The average molecular weight is 440 g/mol. The Morgan fingerprint density at radius 1 is 1.11 bits per heavy atom. The standard InChI is InChI=1S/C23H22BrNO3/c24-16-6-4-5-15(11-16)12-21-22(26)18-9-10-20-19(23(18)28-21)13-25(14-27-20)17-7-2-1-3-8-17/h4-6,9-12,17H,1-3,7-8,13-14H2/b21-12+. The summed E-state index contributed by atoms with van der Waals surface area (Å²) < 4.78 is 13.1. The first-order valence-electron chi connectivity index (χ1n) is 9.91. The van der Waals surface area contributed by atoms with Gasteiger partial charge in [-0.25, -0.2) is 0 Å². The van der Waals surface area contributed by atoms with Crippen LogP contribution in [0.15, 0.2) is 46.6 Å². The number of halogens is 1. The normalized spacial score (nSPS) is 21.2. The summed E-state index contributed by atoms with van der Waals surface area (Å²) in [4.78, 5) is 15.3. The SMILES string of the molecule is O=C1/C(=C\c2cccc(Br)c2)Oc2c1ccc1c2CN(C2CCCCC2)CO1. The van der Waals surface area contributed by atoms with Crippen molar-refractivity contribution in [3.8, 4) is 11.5 Å². The first-order valence-corrected chi connectivity index (χ1v) is 10.7. The molecule has 1 saturated carbocycles. The number of allylic oxidation sites excluding steroid dienone is 1. The van der Waals surface area contributed by atoms with Gasteiger partial charge in [0.2, 0.25) is 5.78 Å². The van der Waals surface area contributed by atoms with Gasteiger partial charge < -0.3 is 9.47 Å². The smallest absolute Gasteiger partial charge is 0.231 e. The molecule has 144 valence electrons. The third-order valence-corrected chi connectivity index (χ3v) is 6.38. The number of benzene rings is 2. The molecule has 0 saturated heterocycles. The van der Waals surface area contributed by atoms with Gasteiger partial charge in [-0.15, -0.1) is 0 Å². The van der Waals surface area contributed by atoms with Crippen molar-refractivity contribution in [2.75, 3.05) is 6.73 Å². The monoisotopic (exact) mass is 439 g/mol. The van der Waals surface area contributed by atoms with Crippen molar-refractivity contribution in [2.24, 2.45) is 0 Å². The van der Waals surface area contributed by atoms with Crippen molar-refractivity contribution in [3.63, 3.8) is 0 Å². The maximum Gasteiger partial charge on any atom is 0.231 e. The second kappa shape index (κ2) is 7.37. The topological polar surface area (TPSA) is 38.8 Å². The van der Waals surface area contributed by atoms with Crippen LogP contribution in [0.3, 0.4) is 0 Å². The summed E-state index contributed by atoms with van der Waals surface area (Å²) in [5.74, 6) is 1.82. The molecule has 2 aliphatic heterocycles. The molecule has 2 heterocycles. The molecule has 4 nitrogen and oxygen atoms in total. The fourth-order valence-electron chi connectivity index (χ4n) is 4.40. The van der Waals surface area contributed by atoms with E-state index in [0.29, 0.717) is 29.8 Å². The summed E-state index contributed by atoms with van der Waals surface area (Å²) >= 11 is 3.47. The number of carbonyl (C=O) groups is 1. The lowest BCUT2D eigenvalue weighted by atomic mass is 9.93. The first kappa shape index (κ1) is 18.0. The van der Waals surface area contributed by atoms with Crippen molar-refractivity contribution in [1.29, 1.82) is 0 Å². The van der Waals surface area contributed by atoms with Gasteiger partial charge in [0.25, 0.3) is 0 Å². The third kappa shape index (κ3) is 3.27. The Kier molecular flexibility index (Phi) is 4.73. The van der Waals surface area contributed by atoms with Gasteiger partial charge in [-0.2, -0.15) is 0 Å². The Morgan fingerprint density at radius 2 is 1.96 bits per heavy atom. The quantitative estimate of drug-likeness (QED) is 0.574. The minimum atomic E-state index is -0.0624. The second-order valence-electron chi connectivity index (χ2n) is 7.73. The van der Waals surface area contributed by atoms with E-state index in [-0.39, 0.29) is 5.78 Å². The van der Waals surface area contributed by atoms with E-state index in [2.05, 4.69) is 20.8 Å². The summed E-state index contributed by atoms with van der Waals surface area (Å²) in [7, 11) is 0. The maximum absolute atomic E-state index is 12.9. The molecule has 0 atom stereocenters. The molecule has 0 bridgehead atoms. The van der Waals surface area contributed by atoms with Crippen LogP contribution in [0, 0.1) is 0 Å². The van der Waals surface area contributed by atoms with E-state index in [1.165, 1.54) is 32.1 Å². The lowest BCUT2D eigenvalue weighted by Crippen LogP contribution is -2.41. The van der Waals surface area contributed by atoms with Crippen LogP contribution in [0.5, 0.6) is 11.5 Å². The summed E-state index contributed by atoms with van der Waals surface area (Å²) in [6.07, 6.45) is 8.16. The number of ether oxygens (including phenoxy) is 2. The van der Waals surface area contributed by atoms with E-state index in [4.69, 9.17) is 9.47 Å². The van der Waals surface area contributed by atoms with Crippen molar-refractivity contribution in [2.45, 2.75) is 44.7 Å². The zero-order chi connectivity index (χ0) is 19.1. The molecule has 0 amide bonds. The predicted molar refractivity (Wildman–Crippen MR) is 111 cm³/mol. The van der Waals surface area contributed by atoms with E-state index in [9.17, 15) is 4.79 Å². The minimum absolute atomic E-state index is 0.0624. The molecule has 5 heteroatoms. The van der Waals surface area contributed by atoms with Gasteiger partial charge in [-0.1, -0.05) is 47.3 Å². The number of ketones is 1. The van der Waals surface area contributed by atoms with E-state index < -0.39 is 0 Å². The molecule has 0 radical (unpaired) electrons. The first-order chi connectivity index (χ1) is 13.7. The largest absolute Gasteiger partial charge is 0.478 e. The predicted octanol–water partition coefficient (Wildman–Crippen LogP) is 5.55. The molecular weight excluding hydrogens is 418 g/mol. The molecule has 0 spiro atoms. The number of fused-ring (bicyclic) bond motifs is 3. The Morgan fingerprint density at radius 3 is 2.79 bits per heavy atom. The number of hydrogen-bond acceptors (Lipinski definition) is 4. The zero-order valence-corrected chi connectivity index (χ0v) is 17.2. The molecule has 2 aromatic carbocycles. The van der Waals surface area contributed by atoms with Crippen molar-refractivity contribution >= 4 is 27.8 Å². The van der Waals surface area contributed by atoms with Gasteiger partial charge in [-0.3, -0.25) is 9.69 Å². The van der Waals surface area contributed by atoms with Crippen LogP contribution < -0.4 is 9.47 Å². The summed E-state index contributed by atoms with van der Waals surface area (Å²) in [5.41, 5.74) is 2.56. The van der Waals surface area contributed by atoms with Crippen LogP contribution in [0.25, 0.3) is 6.08 Å². The van der Waals surface area contributed by atoms with Gasteiger partial charge in [0, 0.05) is 17.1 Å². The van der Waals surface area contributed by atoms with Crippen LogP contribution in [0.1, 0.15) is 53.6 Å². The minimum Gasteiger partial charge on any atom is -0.478 e. The van der Waals surface area contributed by atoms with Crippen LogP contribution in [0.4, 0.5) is 0 Å². The number of Topliss-reactive ketones (excluding diaryl/α,β-unsaturated/α-hetero) is 1. The van der Waals surface area contributed by atoms with Gasteiger partial charge in [-0.05, 0) is 48.7 Å². The van der Waals surface area contributed by atoms with Gasteiger partial charge in [0.05, 0.1) is 11.1 Å². The average Bonchev–Trinajstić information content (AvgIpc) is 3.04. The fourth-order valence-corrected chi connectivity index (χ4v) is 4.82. The summed E-state index contributed by atoms with van der Waals surface area (Å²) in [6.45, 7) is 1.39. The molecule has 0 N–H and O–H groups in total. The van der Waals surface area contributed by atoms with E-state index in [0.717, 1.165) is 27.9 Å². The van der Waals surface area contributed by atoms with Crippen LogP contribution in [-0.4, -0.2) is 23.5 Å². The summed E-state index contributed by atoms with van der Waals surface area (Å²) in [5, 5.41) is 0. The van der Waals surface area contributed by atoms with E-state index >= 15 is 0 Å². The highest BCUT2D eigenvalue weighted by atomic mass is 79.9. The highest BCUT2D eigenvalue weighted by Crippen LogP contribution is 2.43.